The van der Waals surface area contributed by atoms with Gasteiger partial charge < -0.3 is 9.84 Å². The zero-order valence-corrected chi connectivity index (χ0v) is 17.9. The average Bonchev–Trinajstić information content (AvgIpc) is 3.35. The van der Waals surface area contributed by atoms with E-state index < -0.39 is 0 Å². The fourth-order valence-corrected chi connectivity index (χ4v) is 3.51. The Bertz CT molecular complexity index is 1190. The predicted molar refractivity (Wildman–Crippen MR) is 118 cm³/mol. The first kappa shape index (κ1) is 20.5. The number of hydrogen-bond donors (Lipinski definition) is 1. The Morgan fingerprint density at radius 1 is 1.06 bits per heavy atom. The molecule has 7 nitrogen and oxygen atoms in total. The van der Waals surface area contributed by atoms with Crippen LogP contribution < -0.4 is 5.32 Å². The first-order valence-corrected chi connectivity index (χ1v) is 10.2. The average molecular weight is 415 g/mol. The van der Waals surface area contributed by atoms with Gasteiger partial charge in [0.15, 0.2) is 5.76 Å². The third-order valence-corrected chi connectivity index (χ3v) is 5.01. The lowest BCUT2D eigenvalue weighted by atomic mass is 10.1. The SMILES string of the molecule is Cc1cccc(CC(=O)NCCn2ncc(-c3cc(C)no3)c2-c2ccc(C)nc2)c1. The summed E-state index contributed by atoms with van der Waals surface area (Å²) in [5.74, 6) is 0.644. The topological polar surface area (TPSA) is 85.8 Å². The zero-order chi connectivity index (χ0) is 21.8. The van der Waals surface area contributed by atoms with Crippen molar-refractivity contribution >= 4 is 5.91 Å². The van der Waals surface area contributed by atoms with Gasteiger partial charge >= 0.3 is 0 Å². The van der Waals surface area contributed by atoms with Crippen molar-refractivity contribution in [3.05, 3.63) is 77.4 Å². The number of carbonyl (C=O) groups excluding carboxylic acids is 1. The van der Waals surface area contributed by atoms with Gasteiger partial charge in [-0.15, -0.1) is 0 Å². The molecule has 4 rings (SSSR count). The molecule has 0 aliphatic carbocycles. The van der Waals surface area contributed by atoms with Gasteiger partial charge in [-0.3, -0.25) is 14.5 Å². The molecular weight excluding hydrogens is 390 g/mol. The first-order valence-electron chi connectivity index (χ1n) is 10.2. The molecule has 0 aliphatic rings. The highest BCUT2D eigenvalue weighted by Crippen LogP contribution is 2.32. The molecule has 0 aliphatic heterocycles. The molecule has 1 amide bonds. The standard InChI is InChI=1S/C24H25N5O2/c1-16-5-4-6-19(11-16)13-23(30)25-9-10-29-24(20-8-7-17(2)26-14-20)21(15-27-29)22-12-18(3)28-31-22/h4-8,11-12,14-15H,9-10,13H2,1-3H3,(H,25,30). The van der Waals surface area contributed by atoms with E-state index in [2.05, 4.69) is 20.6 Å². The molecule has 3 aromatic heterocycles. The van der Waals surface area contributed by atoms with E-state index in [0.29, 0.717) is 25.3 Å². The molecule has 0 atom stereocenters. The number of hydrogen-bond acceptors (Lipinski definition) is 5. The summed E-state index contributed by atoms with van der Waals surface area (Å²) in [6.45, 7) is 6.84. The molecular formula is C24H25N5O2. The van der Waals surface area contributed by atoms with Crippen LogP contribution in [0.15, 0.2) is 59.4 Å². The van der Waals surface area contributed by atoms with Crippen molar-refractivity contribution in [2.45, 2.75) is 33.7 Å². The second-order valence-corrected chi connectivity index (χ2v) is 7.67. The van der Waals surface area contributed by atoms with Crippen LogP contribution >= 0.6 is 0 Å². The van der Waals surface area contributed by atoms with Gasteiger partial charge in [0.2, 0.25) is 5.91 Å². The maximum absolute atomic E-state index is 12.4. The summed E-state index contributed by atoms with van der Waals surface area (Å²) in [5, 5.41) is 11.5. The summed E-state index contributed by atoms with van der Waals surface area (Å²) in [4.78, 5) is 16.8. The molecule has 0 bridgehead atoms. The van der Waals surface area contributed by atoms with E-state index in [1.807, 2.05) is 74.1 Å². The quantitative estimate of drug-likeness (QED) is 0.495. The summed E-state index contributed by atoms with van der Waals surface area (Å²) in [7, 11) is 0. The monoisotopic (exact) mass is 415 g/mol. The second-order valence-electron chi connectivity index (χ2n) is 7.67. The Kier molecular flexibility index (Phi) is 5.93. The second kappa shape index (κ2) is 8.95. The van der Waals surface area contributed by atoms with E-state index in [4.69, 9.17) is 4.52 Å². The Morgan fingerprint density at radius 2 is 1.94 bits per heavy atom. The van der Waals surface area contributed by atoms with Gasteiger partial charge in [-0.05, 0) is 38.5 Å². The van der Waals surface area contributed by atoms with Crippen molar-refractivity contribution in [1.82, 2.24) is 25.2 Å². The Balaban J connectivity index is 1.50. The number of carbonyl (C=O) groups is 1. The molecule has 0 spiro atoms. The Labute approximate surface area is 181 Å². The highest BCUT2D eigenvalue weighted by molar-refractivity contribution is 5.79. The van der Waals surface area contributed by atoms with Crippen molar-refractivity contribution < 1.29 is 9.32 Å². The summed E-state index contributed by atoms with van der Waals surface area (Å²) in [6, 6.07) is 13.8. The van der Waals surface area contributed by atoms with Gasteiger partial charge in [-0.2, -0.15) is 5.10 Å². The van der Waals surface area contributed by atoms with E-state index in [9.17, 15) is 4.79 Å². The number of nitrogens with zero attached hydrogens (tertiary/aromatic N) is 4. The molecule has 0 fully saturated rings. The minimum Gasteiger partial charge on any atom is -0.356 e. The molecule has 0 unspecified atom stereocenters. The van der Waals surface area contributed by atoms with Gasteiger partial charge in [0.25, 0.3) is 0 Å². The van der Waals surface area contributed by atoms with E-state index >= 15 is 0 Å². The Hall–Kier alpha value is -3.74. The van der Waals surface area contributed by atoms with Crippen LogP contribution in [0.3, 0.4) is 0 Å². The number of aryl methyl sites for hydroxylation is 3. The minimum atomic E-state index is -0.0117. The van der Waals surface area contributed by atoms with Crippen molar-refractivity contribution in [2.75, 3.05) is 6.54 Å². The van der Waals surface area contributed by atoms with Crippen LogP contribution in [0.2, 0.25) is 0 Å². The van der Waals surface area contributed by atoms with Crippen LogP contribution in [0, 0.1) is 20.8 Å². The van der Waals surface area contributed by atoms with Crippen molar-refractivity contribution in [1.29, 1.82) is 0 Å². The lowest BCUT2D eigenvalue weighted by Gasteiger charge is -2.11. The lowest BCUT2D eigenvalue weighted by molar-refractivity contribution is -0.120. The van der Waals surface area contributed by atoms with Crippen molar-refractivity contribution in [3.8, 4) is 22.6 Å². The number of nitrogens with one attached hydrogen (secondary N) is 1. The van der Waals surface area contributed by atoms with E-state index in [1.165, 1.54) is 0 Å². The van der Waals surface area contributed by atoms with E-state index in [-0.39, 0.29) is 5.91 Å². The van der Waals surface area contributed by atoms with Crippen LogP contribution in [-0.2, 0) is 17.8 Å². The summed E-state index contributed by atoms with van der Waals surface area (Å²) >= 11 is 0. The van der Waals surface area contributed by atoms with Gasteiger partial charge in [-0.1, -0.05) is 35.0 Å². The van der Waals surface area contributed by atoms with Crippen LogP contribution in [0.25, 0.3) is 22.6 Å². The molecule has 158 valence electrons. The number of rotatable bonds is 7. The van der Waals surface area contributed by atoms with E-state index in [0.717, 1.165) is 39.3 Å². The fourth-order valence-electron chi connectivity index (χ4n) is 3.51. The number of amides is 1. The first-order chi connectivity index (χ1) is 15.0. The van der Waals surface area contributed by atoms with Gasteiger partial charge in [0.1, 0.15) is 0 Å². The maximum Gasteiger partial charge on any atom is 0.224 e. The predicted octanol–water partition coefficient (Wildman–Crippen LogP) is 3.88. The maximum atomic E-state index is 12.4. The number of pyridine rings is 1. The highest BCUT2D eigenvalue weighted by Gasteiger charge is 2.18. The summed E-state index contributed by atoms with van der Waals surface area (Å²) in [6.07, 6.45) is 3.95. The summed E-state index contributed by atoms with van der Waals surface area (Å²) in [5.41, 5.74) is 6.56. The van der Waals surface area contributed by atoms with Crippen LogP contribution in [0.5, 0.6) is 0 Å². The molecule has 4 aromatic rings. The summed E-state index contributed by atoms with van der Waals surface area (Å²) < 4.78 is 7.34. The van der Waals surface area contributed by atoms with Crippen LogP contribution in [0.1, 0.15) is 22.5 Å². The largest absolute Gasteiger partial charge is 0.356 e. The van der Waals surface area contributed by atoms with Crippen molar-refractivity contribution in [2.24, 2.45) is 0 Å². The lowest BCUT2D eigenvalue weighted by Crippen LogP contribution is -2.29. The molecule has 1 aromatic carbocycles. The normalized spacial score (nSPS) is 10.9. The van der Waals surface area contributed by atoms with Gasteiger partial charge in [0.05, 0.1) is 36.1 Å². The smallest absolute Gasteiger partial charge is 0.224 e. The number of aromatic nitrogens is 4. The third-order valence-electron chi connectivity index (χ3n) is 5.01. The number of benzene rings is 1. The molecule has 0 saturated heterocycles. The molecule has 3 heterocycles. The van der Waals surface area contributed by atoms with Gasteiger partial charge in [-0.25, -0.2) is 0 Å². The van der Waals surface area contributed by atoms with Crippen molar-refractivity contribution in [3.63, 3.8) is 0 Å². The third kappa shape index (κ3) is 4.88. The highest BCUT2D eigenvalue weighted by atomic mass is 16.5. The molecule has 1 N–H and O–H groups in total. The Morgan fingerprint density at radius 3 is 2.65 bits per heavy atom. The van der Waals surface area contributed by atoms with E-state index in [1.54, 1.807) is 6.20 Å². The molecule has 0 radical (unpaired) electrons. The minimum absolute atomic E-state index is 0.0117. The van der Waals surface area contributed by atoms with Crippen LogP contribution in [-0.4, -0.2) is 32.4 Å². The molecule has 0 saturated carbocycles. The zero-order valence-electron chi connectivity index (χ0n) is 17.9. The molecule has 31 heavy (non-hydrogen) atoms. The fraction of sp³-hybridized carbons (Fsp3) is 0.250. The van der Waals surface area contributed by atoms with Gasteiger partial charge in [0, 0.05) is 30.1 Å². The van der Waals surface area contributed by atoms with Crippen LogP contribution in [0.4, 0.5) is 0 Å². The molecule has 7 heteroatoms.